The van der Waals surface area contributed by atoms with Gasteiger partial charge in [-0.2, -0.15) is 0 Å². The maximum Gasteiger partial charge on any atom is 0.0789 e. The molecule has 144 valence electrons. The van der Waals surface area contributed by atoms with E-state index in [4.69, 9.17) is 4.74 Å². The molecule has 1 heteroatoms. The lowest BCUT2D eigenvalue weighted by molar-refractivity contribution is 0.106. The molecule has 4 aliphatic rings. The van der Waals surface area contributed by atoms with E-state index in [1.54, 1.807) is 22.3 Å². The van der Waals surface area contributed by atoms with Crippen LogP contribution in [0.4, 0.5) is 0 Å². The summed E-state index contributed by atoms with van der Waals surface area (Å²) < 4.78 is 5.97. The second-order valence-electron chi connectivity index (χ2n) is 9.68. The summed E-state index contributed by atoms with van der Waals surface area (Å²) in [6, 6.07) is 0. The van der Waals surface area contributed by atoms with Crippen molar-refractivity contribution in [1.82, 2.24) is 0 Å². The van der Waals surface area contributed by atoms with Crippen LogP contribution in [0.2, 0.25) is 0 Å². The summed E-state index contributed by atoms with van der Waals surface area (Å²) in [6.45, 7) is 15.0. The van der Waals surface area contributed by atoms with Crippen molar-refractivity contribution in [2.75, 3.05) is 7.11 Å². The Morgan fingerprint density at radius 3 is 1.65 bits per heavy atom. The van der Waals surface area contributed by atoms with Crippen molar-refractivity contribution in [3.63, 3.8) is 0 Å². The quantitative estimate of drug-likeness (QED) is 0.475. The maximum atomic E-state index is 5.97. The van der Waals surface area contributed by atoms with E-state index in [9.17, 15) is 0 Å². The molecule has 0 heterocycles. The highest BCUT2D eigenvalue weighted by molar-refractivity contribution is 5.52. The van der Waals surface area contributed by atoms with Crippen LogP contribution in [0.3, 0.4) is 0 Å². The zero-order valence-electron chi connectivity index (χ0n) is 18.0. The van der Waals surface area contributed by atoms with Gasteiger partial charge >= 0.3 is 0 Å². The number of hydrogen-bond acceptors (Lipinski definition) is 1. The molecule has 26 heavy (non-hydrogen) atoms. The first-order chi connectivity index (χ1) is 12.4. The van der Waals surface area contributed by atoms with E-state index in [1.807, 2.05) is 18.3 Å². The van der Waals surface area contributed by atoms with Crippen LogP contribution in [0.5, 0.6) is 0 Å². The van der Waals surface area contributed by atoms with Crippen LogP contribution >= 0.6 is 0 Å². The Bertz CT molecular complexity index is 691. The van der Waals surface area contributed by atoms with Crippen LogP contribution in [0.1, 0.15) is 73.6 Å². The van der Waals surface area contributed by atoms with Crippen LogP contribution < -0.4 is 0 Å². The zero-order chi connectivity index (χ0) is 18.7. The fraction of sp³-hybridized carbons (Fsp3) is 0.760. The topological polar surface area (TPSA) is 9.23 Å². The van der Waals surface area contributed by atoms with E-state index in [2.05, 4.69) is 41.5 Å². The molecule has 4 aliphatic carbocycles. The van der Waals surface area contributed by atoms with Gasteiger partial charge in [0.1, 0.15) is 0 Å². The van der Waals surface area contributed by atoms with Gasteiger partial charge in [-0.25, -0.2) is 0 Å². The van der Waals surface area contributed by atoms with Gasteiger partial charge in [-0.3, -0.25) is 0 Å². The van der Waals surface area contributed by atoms with Crippen molar-refractivity contribution in [1.29, 1.82) is 0 Å². The van der Waals surface area contributed by atoms with Crippen molar-refractivity contribution < 1.29 is 4.74 Å². The molecule has 0 saturated carbocycles. The molecule has 0 bridgehead atoms. The molecule has 0 saturated heterocycles. The van der Waals surface area contributed by atoms with Crippen LogP contribution in [0, 0.1) is 35.5 Å². The SMILES string of the molecule is COC1CCCC2=C1C(C)C1=C(C2C)C(C)C2=C(C(C)CCC2C)C1C. The van der Waals surface area contributed by atoms with E-state index >= 15 is 0 Å². The molecule has 0 aliphatic heterocycles. The predicted octanol–water partition coefficient (Wildman–Crippen LogP) is 6.71. The van der Waals surface area contributed by atoms with Gasteiger partial charge in [-0.15, -0.1) is 0 Å². The Kier molecular flexibility index (Phi) is 4.75. The zero-order valence-corrected chi connectivity index (χ0v) is 18.0. The third-order valence-electron chi connectivity index (χ3n) is 8.46. The molecule has 7 unspecified atom stereocenters. The van der Waals surface area contributed by atoms with E-state index in [0.29, 0.717) is 29.8 Å². The van der Waals surface area contributed by atoms with E-state index < -0.39 is 0 Å². The Morgan fingerprint density at radius 1 is 0.615 bits per heavy atom. The molecular weight excluding hydrogens is 316 g/mol. The molecule has 0 aromatic carbocycles. The second-order valence-corrected chi connectivity index (χ2v) is 9.68. The first kappa shape index (κ1) is 18.5. The Morgan fingerprint density at radius 2 is 1.12 bits per heavy atom. The lowest BCUT2D eigenvalue weighted by Crippen LogP contribution is -2.39. The second kappa shape index (κ2) is 6.66. The molecule has 0 radical (unpaired) electrons. The number of ether oxygens (including phenoxy) is 1. The minimum atomic E-state index is 0.353. The molecule has 0 N–H and O–H groups in total. The van der Waals surface area contributed by atoms with Crippen molar-refractivity contribution in [3.8, 4) is 0 Å². The van der Waals surface area contributed by atoms with E-state index in [1.165, 1.54) is 32.1 Å². The fourth-order valence-corrected chi connectivity index (χ4v) is 7.43. The summed E-state index contributed by atoms with van der Waals surface area (Å²) in [5.41, 5.74) is 10.6. The summed E-state index contributed by atoms with van der Waals surface area (Å²) in [7, 11) is 1.92. The summed E-state index contributed by atoms with van der Waals surface area (Å²) >= 11 is 0. The normalized spacial score (nSPS) is 43.3. The first-order valence-electron chi connectivity index (χ1n) is 11.1. The minimum absolute atomic E-state index is 0.353. The third-order valence-corrected chi connectivity index (χ3v) is 8.46. The molecule has 4 rings (SSSR count). The average Bonchev–Trinajstić information content (AvgIpc) is 2.63. The lowest BCUT2D eigenvalue weighted by atomic mass is 9.55. The van der Waals surface area contributed by atoms with E-state index in [-0.39, 0.29) is 0 Å². The van der Waals surface area contributed by atoms with Gasteiger partial charge in [0, 0.05) is 13.0 Å². The van der Waals surface area contributed by atoms with Crippen LogP contribution in [-0.4, -0.2) is 13.2 Å². The molecule has 0 fully saturated rings. The highest BCUT2D eigenvalue weighted by Gasteiger charge is 2.46. The van der Waals surface area contributed by atoms with Crippen molar-refractivity contribution >= 4 is 0 Å². The van der Waals surface area contributed by atoms with Crippen LogP contribution in [-0.2, 0) is 4.74 Å². The predicted molar refractivity (Wildman–Crippen MR) is 110 cm³/mol. The Balaban J connectivity index is 1.84. The number of allylic oxidation sites excluding steroid dienone is 5. The fourth-order valence-electron chi connectivity index (χ4n) is 7.43. The molecule has 0 aromatic rings. The van der Waals surface area contributed by atoms with Crippen molar-refractivity contribution in [2.24, 2.45) is 35.5 Å². The van der Waals surface area contributed by atoms with Crippen LogP contribution in [0.15, 0.2) is 33.4 Å². The summed E-state index contributed by atoms with van der Waals surface area (Å²) in [6.07, 6.45) is 6.89. The van der Waals surface area contributed by atoms with Crippen molar-refractivity contribution in [3.05, 3.63) is 33.4 Å². The molecule has 7 atom stereocenters. The molecule has 0 spiro atoms. The summed E-state index contributed by atoms with van der Waals surface area (Å²) in [5, 5.41) is 0. The third kappa shape index (κ3) is 2.45. The summed E-state index contributed by atoms with van der Waals surface area (Å²) in [5.74, 6) is 3.98. The Hall–Kier alpha value is -0.820. The molecule has 0 amide bonds. The molecular formula is C25H38O. The monoisotopic (exact) mass is 354 g/mol. The van der Waals surface area contributed by atoms with Gasteiger partial charge in [0.05, 0.1) is 6.10 Å². The number of hydrogen-bond donors (Lipinski definition) is 0. The Labute approximate surface area is 161 Å². The maximum absolute atomic E-state index is 5.97. The van der Waals surface area contributed by atoms with E-state index in [0.717, 1.165) is 11.8 Å². The lowest BCUT2D eigenvalue weighted by Gasteiger charge is -2.50. The van der Waals surface area contributed by atoms with Gasteiger partial charge in [0.15, 0.2) is 0 Å². The largest absolute Gasteiger partial charge is 0.377 e. The summed E-state index contributed by atoms with van der Waals surface area (Å²) in [4.78, 5) is 0. The molecule has 1 nitrogen and oxygen atoms in total. The first-order valence-corrected chi connectivity index (χ1v) is 11.1. The standard InChI is InChI=1S/C25H38O/c1-13-11-12-14(2)22-17(5)24-18(6)25-19(9-8-10-20(25)26-7)15(3)23(24)16(4)21(13)22/h13-18,20H,8-12H2,1-7H3. The highest BCUT2D eigenvalue weighted by atomic mass is 16.5. The van der Waals surface area contributed by atoms with Gasteiger partial charge < -0.3 is 4.74 Å². The number of rotatable bonds is 1. The smallest absolute Gasteiger partial charge is 0.0789 e. The van der Waals surface area contributed by atoms with Crippen molar-refractivity contribution in [2.45, 2.75) is 79.8 Å². The van der Waals surface area contributed by atoms with Crippen LogP contribution in [0.25, 0.3) is 0 Å². The minimum Gasteiger partial charge on any atom is -0.377 e. The van der Waals surface area contributed by atoms with Gasteiger partial charge in [0.25, 0.3) is 0 Å². The van der Waals surface area contributed by atoms with Gasteiger partial charge in [0.2, 0.25) is 0 Å². The van der Waals surface area contributed by atoms with Gasteiger partial charge in [-0.1, -0.05) is 69.4 Å². The highest BCUT2D eigenvalue weighted by Crippen LogP contribution is 2.57. The van der Waals surface area contributed by atoms with Gasteiger partial charge in [-0.05, 0) is 67.3 Å². The molecule has 0 aromatic heterocycles. The average molecular weight is 355 g/mol. The number of methoxy groups -OCH3 is 1.